The zero-order valence-corrected chi connectivity index (χ0v) is 14.6. The van der Waals surface area contributed by atoms with E-state index in [9.17, 15) is 14.4 Å². The molecule has 7 heteroatoms. The summed E-state index contributed by atoms with van der Waals surface area (Å²) < 4.78 is 0. The van der Waals surface area contributed by atoms with Crippen LogP contribution in [0.25, 0.3) is 0 Å². The summed E-state index contributed by atoms with van der Waals surface area (Å²) in [6.45, 7) is 7.38. The third-order valence-corrected chi connectivity index (χ3v) is 4.17. The molecule has 4 amide bonds. The van der Waals surface area contributed by atoms with Gasteiger partial charge in [0.2, 0.25) is 11.8 Å². The minimum absolute atomic E-state index is 0.128. The Balaban J connectivity index is 2.01. The van der Waals surface area contributed by atoms with E-state index in [0.717, 1.165) is 30.1 Å². The first-order chi connectivity index (χ1) is 12.1. The van der Waals surface area contributed by atoms with Crippen molar-refractivity contribution < 1.29 is 14.4 Å². The van der Waals surface area contributed by atoms with Gasteiger partial charge in [0.15, 0.2) is 5.92 Å². The van der Waals surface area contributed by atoms with Crippen molar-refractivity contribution >= 4 is 24.1 Å². The Morgan fingerprint density at radius 3 is 2.48 bits per heavy atom. The zero-order chi connectivity index (χ0) is 18.2. The standard InChI is InChI=1S/C18H24N4O3/c1-3-21(4-2)11-10-19-12-15-16(23)20-18(25)22(17(15)24)13-14-8-6-5-7-9-14/h5-9,12,15H,3-4,10-11,13H2,1-2H3,(H,20,23,25). The predicted octanol–water partition coefficient (Wildman–Crippen LogP) is 1.29. The van der Waals surface area contributed by atoms with E-state index in [1.54, 1.807) is 0 Å². The van der Waals surface area contributed by atoms with Gasteiger partial charge in [-0.15, -0.1) is 0 Å². The lowest BCUT2D eigenvalue weighted by molar-refractivity contribution is -0.139. The van der Waals surface area contributed by atoms with Crippen molar-refractivity contribution in [1.29, 1.82) is 0 Å². The number of urea groups is 1. The summed E-state index contributed by atoms with van der Waals surface area (Å²) in [4.78, 5) is 44.0. The summed E-state index contributed by atoms with van der Waals surface area (Å²) in [7, 11) is 0. The summed E-state index contributed by atoms with van der Waals surface area (Å²) in [6.07, 6.45) is 1.35. The summed E-state index contributed by atoms with van der Waals surface area (Å²) in [5.74, 6) is -2.21. The maximum atomic E-state index is 12.5. The lowest BCUT2D eigenvalue weighted by Crippen LogP contribution is -2.57. The quantitative estimate of drug-likeness (QED) is 0.569. The first-order valence-corrected chi connectivity index (χ1v) is 8.49. The van der Waals surface area contributed by atoms with Gasteiger partial charge in [-0.3, -0.25) is 24.8 Å². The van der Waals surface area contributed by atoms with Gasteiger partial charge < -0.3 is 4.90 Å². The van der Waals surface area contributed by atoms with Crippen molar-refractivity contribution in [1.82, 2.24) is 15.1 Å². The second-order valence-corrected chi connectivity index (χ2v) is 5.76. The second-order valence-electron chi connectivity index (χ2n) is 5.76. The number of amides is 4. The Morgan fingerprint density at radius 1 is 1.16 bits per heavy atom. The topological polar surface area (TPSA) is 82.1 Å². The van der Waals surface area contributed by atoms with E-state index in [-0.39, 0.29) is 6.54 Å². The molecule has 0 spiro atoms. The molecule has 1 N–H and O–H groups in total. The third-order valence-electron chi connectivity index (χ3n) is 4.17. The largest absolute Gasteiger partial charge is 0.331 e. The van der Waals surface area contributed by atoms with E-state index >= 15 is 0 Å². The molecule has 0 aliphatic carbocycles. The molecule has 7 nitrogen and oxygen atoms in total. The molecule has 1 aromatic carbocycles. The molecule has 1 atom stereocenters. The molecule has 25 heavy (non-hydrogen) atoms. The summed E-state index contributed by atoms with van der Waals surface area (Å²) in [6, 6.07) is 8.48. The molecule has 0 radical (unpaired) electrons. The molecule has 1 saturated heterocycles. The molecule has 2 rings (SSSR count). The Labute approximate surface area is 147 Å². The number of imide groups is 2. The summed E-state index contributed by atoms with van der Waals surface area (Å²) >= 11 is 0. The van der Waals surface area contributed by atoms with Crippen molar-refractivity contribution in [2.75, 3.05) is 26.2 Å². The van der Waals surface area contributed by atoms with Gasteiger partial charge in [-0.2, -0.15) is 0 Å². The van der Waals surface area contributed by atoms with Gasteiger partial charge in [-0.05, 0) is 18.7 Å². The first kappa shape index (κ1) is 18.8. The van der Waals surface area contributed by atoms with Crippen LogP contribution >= 0.6 is 0 Å². The number of carbonyl (C=O) groups is 3. The van der Waals surface area contributed by atoms with E-state index in [1.165, 1.54) is 6.21 Å². The number of benzene rings is 1. The van der Waals surface area contributed by atoms with Crippen LogP contribution in [-0.2, 0) is 16.1 Å². The van der Waals surface area contributed by atoms with Gasteiger partial charge in [0.25, 0.3) is 0 Å². The molecular weight excluding hydrogens is 320 g/mol. The van der Waals surface area contributed by atoms with Crippen LogP contribution in [0.5, 0.6) is 0 Å². The number of barbiturate groups is 1. The Hall–Kier alpha value is -2.54. The number of carbonyl (C=O) groups excluding carboxylic acids is 3. The Morgan fingerprint density at radius 2 is 1.84 bits per heavy atom. The zero-order valence-electron chi connectivity index (χ0n) is 14.6. The monoisotopic (exact) mass is 344 g/mol. The smallest absolute Gasteiger partial charge is 0.302 e. The minimum atomic E-state index is -1.06. The second kappa shape index (κ2) is 9.08. The van der Waals surface area contributed by atoms with Crippen LogP contribution in [0.1, 0.15) is 19.4 Å². The van der Waals surface area contributed by atoms with Crippen LogP contribution in [0.15, 0.2) is 35.3 Å². The molecule has 1 unspecified atom stereocenters. The lowest BCUT2D eigenvalue weighted by Gasteiger charge is -2.28. The normalized spacial score (nSPS) is 18.3. The molecule has 1 fully saturated rings. The van der Waals surface area contributed by atoms with Crippen molar-refractivity contribution in [3.8, 4) is 0 Å². The Bertz CT molecular complexity index is 641. The molecule has 0 bridgehead atoms. The van der Waals surface area contributed by atoms with Crippen LogP contribution in [0, 0.1) is 5.92 Å². The lowest BCUT2D eigenvalue weighted by atomic mass is 10.1. The van der Waals surface area contributed by atoms with Crippen molar-refractivity contribution in [2.24, 2.45) is 10.9 Å². The van der Waals surface area contributed by atoms with E-state index < -0.39 is 23.8 Å². The van der Waals surface area contributed by atoms with Crippen LogP contribution in [0.2, 0.25) is 0 Å². The highest BCUT2D eigenvalue weighted by molar-refractivity contribution is 6.23. The van der Waals surface area contributed by atoms with E-state index in [4.69, 9.17) is 0 Å². The molecule has 134 valence electrons. The van der Waals surface area contributed by atoms with Crippen molar-refractivity contribution in [3.05, 3.63) is 35.9 Å². The molecule has 1 heterocycles. The van der Waals surface area contributed by atoms with Crippen molar-refractivity contribution in [3.63, 3.8) is 0 Å². The van der Waals surface area contributed by atoms with Crippen LogP contribution in [0.4, 0.5) is 4.79 Å². The van der Waals surface area contributed by atoms with Gasteiger partial charge in [0.05, 0.1) is 13.1 Å². The average Bonchev–Trinajstić information content (AvgIpc) is 2.62. The molecule has 1 aliphatic rings. The summed E-state index contributed by atoms with van der Waals surface area (Å²) in [5, 5.41) is 2.23. The number of likely N-dealkylation sites (N-methyl/N-ethyl adjacent to an activating group) is 1. The number of nitrogens with zero attached hydrogens (tertiary/aromatic N) is 3. The fourth-order valence-electron chi connectivity index (χ4n) is 2.60. The number of nitrogens with one attached hydrogen (secondary N) is 1. The molecule has 0 saturated carbocycles. The van der Waals surface area contributed by atoms with Crippen molar-refractivity contribution in [2.45, 2.75) is 20.4 Å². The SMILES string of the molecule is CCN(CC)CCN=CC1C(=O)NC(=O)N(Cc2ccccc2)C1=O. The van der Waals surface area contributed by atoms with Crippen LogP contribution in [-0.4, -0.2) is 60.0 Å². The average molecular weight is 344 g/mol. The maximum absolute atomic E-state index is 12.5. The number of hydrogen-bond donors (Lipinski definition) is 1. The fourth-order valence-corrected chi connectivity index (χ4v) is 2.60. The predicted molar refractivity (Wildman–Crippen MR) is 95.2 cm³/mol. The number of hydrogen-bond acceptors (Lipinski definition) is 5. The number of rotatable bonds is 8. The van der Waals surface area contributed by atoms with Gasteiger partial charge in [0.1, 0.15) is 0 Å². The highest BCUT2D eigenvalue weighted by atomic mass is 16.2. The van der Waals surface area contributed by atoms with Gasteiger partial charge in [-0.1, -0.05) is 44.2 Å². The van der Waals surface area contributed by atoms with E-state index in [2.05, 4.69) is 29.1 Å². The van der Waals surface area contributed by atoms with E-state index in [0.29, 0.717) is 6.54 Å². The third kappa shape index (κ3) is 4.96. The van der Waals surface area contributed by atoms with Gasteiger partial charge in [-0.25, -0.2) is 4.79 Å². The number of aliphatic imine (C=N–C) groups is 1. The van der Waals surface area contributed by atoms with Gasteiger partial charge in [0, 0.05) is 12.8 Å². The van der Waals surface area contributed by atoms with Crippen LogP contribution in [0.3, 0.4) is 0 Å². The fraction of sp³-hybridized carbons (Fsp3) is 0.444. The highest BCUT2D eigenvalue weighted by Crippen LogP contribution is 2.13. The summed E-state index contributed by atoms with van der Waals surface area (Å²) in [5.41, 5.74) is 0.817. The van der Waals surface area contributed by atoms with E-state index in [1.807, 2.05) is 30.3 Å². The highest BCUT2D eigenvalue weighted by Gasteiger charge is 2.39. The minimum Gasteiger partial charge on any atom is -0.302 e. The maximum Gasteiger partial charge on any atom is 0.331 e. The van der Waals surface area contributed by atoms with Crippen LogP contribution < -0.4 is 5.32 Å². The molecule has 0 aromatic heterocycles. The first-order valence-electron chi connectivity index (χ1n) is 8.49. The molecule has 1 aliphatic heterocycles. The van der Waals surface area contributed by atoms with Gasteiger partial charge >= 0.3 is 6.03 Å². The molecular formula is C18H24N4O3. The molecule has 1 aromatic rings. The Kier molecular flexibility index (Phi) is 6.82.